The Balaban J connectivity index is -0.0000000800. The number of carboxylic acid groups (broad SMARTS) is 1. The monoisotopic (exact) mass is 149 g/mol. The molecule has 0 spiro atoms. The van der Waals surface area contributed by atoms with Crippen LogP contribution in [0.5, 0.6) is 0 Å². The fraction of sp³-hybridized carbons (Fsp3) is 0. The first kappa shape index (κ1) is 15.9. The van der Waals surface area contributed by atoms with E-state index in [-0.39, 0.29) is 24.5 Å². The van der Waals surface area contributed by atoms with Crippen molar-refractivity contribution in [1.82, 2.24) is 0 Å². The summed E-state index contributed by atoms with van der Waals surface area (Å²) in [4.78, 5) is 9.14. The zero-order valence-electron chi connectivity index (χ0n) is 3.90. The van der Waals surface area contributed by atoms with Gasteiger partial charge in [0.05, 0.1) is 5.97 Å². The van der Waals surface area contributed by atoms with Gasteiger partial charge in [-0.3, -0.25) is 0 Å². The van der Waals surface area contributed by atoms with Crippen LogP contribution in [0.25, 0.3) is 0 Å². The molecule has 0 aromatic carbocycles. The van der Waals surface area contributed by atoms with E-state index in [2.05, 4.69) is 6.58 Å². The summed E-state index contributed by atoms with van der Waals surface area (Å²) < 4.78 is 0. The zero-order valence-corrected chi connectivity index (χ0v) is 4.84. The molecule has 0 amide bonds. The third-order valence-corrected chi connectivity index (χ3v) is 0.167. The quantitative estimate of drug-likeness (QED) is 0.283. The molecule has 0 saturated carbocycles. The molecule has 2 nitrogen and oxygen atoms in total. The second-order valence-electron chi connectivity index (χ2n) is 0.523. The number of carbonyl (C=O) groups excluding carboxylic acids is 1. The molecule has 1 radical (unpaired) electrons. The van der Waals surface area contributed by atoms with Crippen LogP contribution in [0.1, 0.15) is 0 Å². The van der Waals surface area contributed by atoms with Crippen molar-refractivity contribution in [2.75, 3.05) is 0 Å². The van der Waals surface area contributed by atoms with Crippen LogP contribution in [0.3, 0.4) is 0 Å². The standard InChI is InChI=1S/C3H4O2.CH3.Cu/c1-2-3(4)5;;/h2H,1H2,(H,4,5);1H3;/q;-1;+2/p-1. The van der Waals surface area contributed by atoms with Crippen LogP contribution in [0.2, 0.25) is 0 Å². The van der Waals surface area contributed by atoms with Gasteiger partial charge in [-0.1, -0.05) is 6.58 Å². The van der Waals surface area contributed by atoms with E-state index in [0.29, 0.717) is 0 Å². The molecule has 0 aromatic heterocycles. The number of hydrogen-bond acceptors (Lipinski definition) is 2. The Hall–Kier alpha value is -0.271. The van der Waals surface area contributed by atoms with Crippen molar-refractivity contribution in [3.8, 4) is 0 Å². The van der Waals surface area contributed by atoms with Gasteiger partial charge in [0.25, 0.3) is 0 Å². The van der Waals surface area contributed by atoms with Crippen molar-refractivity contribution in [3.63, 3.8) is 0 Å². The molecule has 0 unspecified atom stereocenters. The summed E-state index contributed by atoms with van der Waals surface area (Å²) in [6.07, 6.45) is 0.722. The molecule has 0 aliphatic carbocycles. The molecule has 3 heteroatoms. The van der Waals surface area contributed by atoms with Crippen molar-refractivity contribution in [3.05, 3.63) is 20.1 Å². The molecule has 45 valence electrons. The second-order valence-corrected chi connectivity index (χ2v) is 0.523. The minimum Gasteiger partial charge on any atom is -0.545 e. The van der Waals surface area contributed by atoms with Crippen LogP contribution in [0.15, 0.2) is 12.7 Å². The minimum atomic E-state index is -1.23. The largest absolute Gasteiger partial charge is 2.00 e. The molecule has 0 bridgehead atoms. The Labute approximate surface area is 53.7 Å². The van der Waals surface area contributed by atoms with Gasteiger partial charge in [0.15, 0.2) is 0 Å². The molecule has 7 heavy (non-hydrogen) atoms. The number of carbonyl (C=O) groups is 1. The van der Waals surface area contributed by atoms with E-state index in [9.17, 15) is 0 Å². The SMILES string of the molecule is C=CC(=O)[O-].[CH3-].[Cu+2]. The van der Waals surface area contributed by atoms with E-state index in [0.717, 1.165) is 6.08 Å². The summed E-state index contributed by atoms with van der Waals surface area (Å²) in [5.74, 6) is -1.23. The molecule has 0 rings (SSSR count). The van der Waals surface area contributed by atoms with Crippen LogP contribution in [0.4, 0.5) is 0 Å². The van der Waals surface area contributed by atoms with Crippen molar-refractivity contribution < 1.29 is 27.0 Å². The van der Waals surface area contributed by atoms with Gasteiger partial charge in [-0.15, -0.1) is 0 Å². The number of carboxylic acids is 1. The number of rotatable bonds is 1. The maximum atomic E-state index is 9.14. The molecule has 0 fully saturated rings. The van der Waals surface area contributed by atoms with Gasteiger partial charge < -0.3 is 17.3 Å². The first-order valence-electron chi connectivity index (χ1n) is 1.11. The molecule has 0 saturated heterocycles. The second kappa shape index (κ2) is 9.21. The Morgan fingerprint density at radius 3 is 1.86 bits per heavy atom. The predicted molar refractivity (Wildman–Crippen MR) is 21.6 cm³/mol. The van der Waals surface area contributed by atoms with E-state index in [1.807, 2.05) is 0 Å². The van der Waals surface area contributed by atoms with Crippen molar-refractivity contribution in [2.45, 2.75) is 0 Å². The summed E-state index contributed by atoms with van der Waals surface area (Å²) in [6, 6.07) is 0. The summed E-state index contributed by atoms with van der Waals surface area (Å²) in [5, 5.41) is 9.14. The average Bonchev–Trinajstić information content (AvgIpc) is 1.38. The molecular weight excluding hydrogens is 144 g/mol. The van der Waals surface area contributed by atoms with E-state index in [1.54, 1.807) is 0 Å². The third kappa shape index (κ3) is 26.6. The van der Waals surface area contributed by atoms with Crippen LogP contribution < -0.4 is 5.11 Å². The van der Waals surface area contributed by atoms with Gasteiger partial charge in [-0.05, 0) is 6.08 Å². The first-order valence-corrected chi connectivity index (χ1v) is 1.11. The smallest absolute Gasteiger partial charge is 0.545 e. The predicted octanol–water partition coefficient (Wildman–Crippen LogP) is -0.630. The number of hydrogen-bond donors (Lipinski definition) is 0. The first-order chi connectivity index (χ1) is 2.27. The zero-order chi connectivity index (χ0) is 4.28. The van der Waals surface area contributed by atoms with Gasteiger partial charge in [0.2, 0.25) is 0 Å². The number of aliphatic carboxylic acids is 1. The van der Waals surface area contributed by atoms with Crippen molar-refractivity contribution >= 4 is 5.97 Å². The van der Waals surface area contributed by atoms with Crippen molar-refractivity contribution in [1.29, 1.82) is 0 Å². The summed E-state index contributed by atoms with van der Waals surface area (Å²) in [7, 11) is 0. The topological polar surface area (TPSA) is 40.1 Å². The van der Waals surface area contributed by atoms with Gasteiger partial charge >= 0.3 is 17.1 Å². The molecule has 0 heterocycles. The molecule has 0 aliphatic heterocycles. The Kier molecular flexibility index (Phi) is 20.9. The van der Waals surface area contributed by atoms with Crippen LogP contribution in [-0.4, -0.2) is 5.97 Å². The molecule has 0 aliphatic rings. The van der Waals surface area contributed by atoms with Gasteiger partial charge in [0, 0.05) is 0 Å². The summed E-state index contributed by atoms with van der Waals surface area (Å²) >= 11 is 0. The van der Waals surface area contributed by atoms with Crippen LogP contribution >= 0.6 is 0 Å². The molecule has 0 atom stereocenters. The minimum absolute atomic E-state index is 0. The van der Waals surface area contributed by atoms with Crippen LogP contribution in [-0.2, 0) is 21.9 Å². The molecular formula is C4H6CuO2. The Morgan fingerprint density at radius 2 is 1.86 bits per heavy atom. The van der Waals surface area contributed by atoms with Crippen molar-refractivity contribution in [2.24, 2.45) is 0 Å². The van der Waals surface area contributed by atoms with Gasteiger partial charge in [-0.25, -0.2) is 0 Å². The van der Waals surface area contributed by atoms with Gasteiger partial charge in [0.1, 0.15) is 0 Å². The average molecular weight is 150 g/mol. The van der Waals surface area contributed by atoms with Gasteiger partial charge in [-0.2, -0.15) is 0 Å². The molecule has 0 N–H and O–H groups in total. The fourth-order valence-corrected chi connectivity index (χ4v) is 0. The summed E-state index contributed by atoms with van der Waals surface area (Å²) in [5.41, 5.74) is 0. The van der Waals surface area contributed by atoms with E-state index < -0.39 is 5.97 Å². The van der Waals surface area contributed by atoms with E-state index in [4.69, 9.17) is 9.90 Å². The Bertz CT molecular complexity index is 60.7. The summed E-state index contributed by atoms with van der Waals surface area (Å²) in [6.45, 7) is 2.90. The third-order valence-electron chi connectivity index (χ3n) is 0.167. The maximum absolute atomic E-state index is 9.14. The van der Waals surface area contributed by atoms with Crippen LogP contribution in [0, 0.1) is 7.43 Å². The van der Waals surface area contributed by atoms with E-state index >= 15 is 0 Å². The van der Waals surface area contributed by atoms with E-state index in [1.165, 1.54) is 0 Å². The normalized spacial score (nSPS) is 4.57. The maximum Gasteiger partial charge on any atom is 2.00 e. The fourth-order valence-electron chi connectivity index (χ4n) is 0. The Morgan fingerprint density at radius 1 is 1.71 bits per heavy atom. The molecule has 0 aromatic rings.